The Balaban J connectivity index is 1.82. The topological polar surface area (TPSA) is 52.0 Å². The van der Waals surface area contributed by atoms with Crippen LogP contribution in [0.3, 0.4) is 0 Å². The summed E-state index contributed by atoms with van der Waals surface area (Å²) >= 11 is 0. The largest absolute Gasteiger partial charge is 0.369 e. The molecule has 1 fully saturated rings. The smallest absolute Gasteiger partial charge is 0.127 e. The maximum absolute atomic E-state index is 8.90. The SMILES string of the molecule is Cc1cc(C#N)cc(NCCN2CCCCC2)n1. The van der Waals surface area contributed by atoms with Crippen LogP contribution in [0.5, 0.6) is 0 Å². The van der Waals surface area contributed by atoms with Crippen LogP contribution in [0.15, 0.2) is 12.1 Å². The van der Waals surface area contributed by atoms with E-state index in [0.29, 0.717) is 5.56 Å². The number of rotatable bonds is 4. The van der Waals surface area contributed by atoms with Crippen molar-refractivity contribution in [2.24, 2.45) is 0 Å². The summed E-state index contributed by atoms with van der Waals surface area (Å²) in [6.07, 6.45) is 4.01. The van der Waals surface area contributed by atoms with E-state index in [2.05, 4.69) is 21.3 Å². The van der Waals surface area contributed by atoms with Crippen LogP contribution in [0.2, 0.25) is 0 Å². The van der Waals surface area contributed by atoms with Gasteiger partial charge >= 0.3 is 0 Å². The van der Waals surface area contributed by atoms with Crippen molar-refractivity contribution in [1.82, 2.24) is 9.88 Å². The molecule has 1 saturated heterocycles. The lowest BCUT2D eigenvalue weighted by molar-refractivity contribution is 0.237. The van der Waals surface area contributed by atoms with E-state index in [4.69, 9.17) is 5.26 Å². The van der Waals surface area contributed by atoms with Gasteiger partial charge in [0.15, 0.2) is 0 Å². The number of hydrogen-bond acceptors (Lipinski definition) is 4. The molecule has 0 amide bonds. The van der Waals surface area contributed by atoms with Gasteiger partial charge in [0.2, 0.25) is 0 Å². The molecule has 1 aromatic rings. The van der Waals surface area contributed by atoms with Gasteiger partial charge in [0.1, 0.15) is 5.82 Å². The van der Waals surface area contributed by atoms with Crippen LogP contribution < -0.4 is 5.32 Å². The van der Waals surface area contributed by atoms with Crippen molar-refractivity contribution < 1.29 is 0 Å². The summed E-state index contributed by atoms with van der Waals surface area (Å²) in [5.41, 5.74) is 1.55. The molecule has 4 heteroatoms. The van der Waals surface area contributed by atoms with E-state index >= 15 is 0 Å². The Kier molecular flexibility index (Phi) is 4.54. The number of nitriles is 1. The first kappa shape index (κ1) is 12.8. The normalized spacial score (nSPS) is 16.2. The number of aryl methyl sites for hydroxylation is 1. The third kappa shape index (κ3) is 3.71. The Bertz CT molecular complexity index is 430. The van der Waals surface area contributed by atoms with Crippen LogP contribution in [0.25, 0.3) is 0 Å². The summed E-state index contributed by atoms with van der Waals surface area (Å²) in [5.74, 6) is 0.809. The van der Waals surface area contributed by atoms with Gasteiger partial charge in [-0.2, -0.15) is 5.26 Å². The minimum Gasteiger partial charge on any atom is -0.369 e. The number of pyridine rings is 1. The van der Waals surface area contributed by atoms with Gasteiger partial charge in [-0.3, -0.25) is 0 Å². The number of anilines is 1. The van der Waals surface area contributed by atoms with Crippen LogP contribution in [-0.4, -0.2) is 36.1 Å². The molecule has 1 N–H and O–H groups in total. The van der Waals surface area contributed by atoms with Crippen molar-refractivity contribution >= 4 is 5.82 Å². The number of piperidine rings is 1. The molecule has 2 rings (SSSR count). The summed E-state index contributed by atoms with van der Waals surface area (Å²) in [6, 6.07) is 5.77. The molecule has 2 heterocycles. The lowest BCUT2D eigenvalue weighted by atomic mass is 10.1. The van der Waals surface area contributed by atoms with E-state index < -0.39 is 0 Å². The highest BCUT2D eigenvalue weighted by molar-refractivity contribution is 5.44. The fourth-order valence-electron chi connectivity index (χ4n) is 2.35. The van der Waals surface area contributed by atoms with Crippen LogP contribution >= 0.6 is 0 Å². The van der Waals surface area contributed by atoms with Crippen molar-refractivity contribution in [3.8, 4) is 6.07 Å². The molecule has 1 aromatic heterocycles. The first-order chi connectivity index (χ1) is 8.78. The monoisotopic (exact) mass is 244 g/mol. The Morgan fingerprint density at radius 1 is 1.33 bits per heavy atom. The molecule has 1 aliphatic rings. The van der Waals surface area contributed by atoms with Crippen LogP contribution in [0.4, 0.5) is 5.82 Å². The number of nitrogens with one attached hydrogen (secondary N) is 1. The summed E-state index contributed by atoms with van der Waals surface area (Å²) in [6.45, 7) is 6.29. The van der Waals surface area contributed by atoms with Crippen molar-refractivity contribution in [3.05, 3.63) is 23.4 Å². The molecule has 0 aliphatic carbocycles. The average Bonchev–Trinajstić information content (AvgIpc) is 2.39. The van der Waals surface area contributed by atoms with Gasteiger partial charge in [-0.05, 0) is 45.0 Å². The second kappa shape index (κ2) is 6.36. The zero-order chi connectivity index (χ0) is 12.8. The number of hydrogen-bond donors (Lipinski definition) is 1. The Labute approximate surface area is 109 Å². The molecular formula is C14H20N4. The zero-order valence-corrected chi connectivity index (χ0v) is 10.9. The van der Waals surface area contributed by atoms with Crippen molar-refractivity contribution in [2.75, 3.05) is 31.5 Å². The van der Waals surface area contributed by atoms with Gasteiger partial charge < -0.3 is 10.2 Å². The van der Waals surface area contributed by atoms with Crippen molar-refractivity contribution in [3.63, 3.8) is 0 Å². The second-order valence-electron chi connectivity index (χ2n) is 4.82. The highest BCUT2D eigenvalue weighted by Crippen LogP contribution is 2.10. The van der Waals surface area contributed by atoms with E-state index in [1.807, 2.05) is 13.0 Å². The third-order valence-corrected chi connectivity index (χ3v) is 3.27. The fraction of sp³-hybridized carbons (Fsp3) is 0.571. The summed E-state index contributed by atoms with van der Waals surface area (Å²) < 4.78 is 0. The minimum atomic E-state index is 0.669. The lowest BCUT2D eigenvalue weighted by Crippen LogP contribution is -2.33. The van der Waals surface area contributed by atoms with E-state index in [9.17, 15) is 0 Å². The molecule has 96 valence electrons. The Morgan fingerprint density at radius 2 is 2.11 bits per heavy atom. The lowest BCUT2D eigenvalue weighted by Gasteiger charge is -2.26. The molecule has 0 bridgehead atoms. The van der Waals surface area contributed by atoms with Gasteiger partial charge in [-0.1, -0.05) is 6.42 Å². The molecule has 0 atom stereocenters. The molecule has 0 saturated carbocycles. The molecule has 18 heavy (non-hydrogen) atoms. The standard InChI is InChI=1S/C14H20N4/c1-12-9-13(11-15)10-14(17-12)16-5-8-18-6-3-2-4-7-18/h9-10H,2-8H2,1H3,(H,16,17). The molecule has 1 aliphatic heterocycles. The van der Waals surface area contributed by atoms with Crippen LogP contribution in [0, 0.1) is 18.3 Å². The van der Waals surface area contributed by atoms with Crippen molar-refractivity contribution in [2.45, 2.75) is 26.2 Å². The van der Waals surface area contributed by atoms with Crippen LogP contribution in [0.1, 0.15) is 30.5 Å². The highest BCUT2D eigenvalue weighted by atomic mass is 15.1. The predicted octanol–water partition coefficient (Wildman–Crippen LogP) is 2.16. The third-order valence-electron chi connectivity index (χ3n) is 3.27. The summed E-state index contributed by atoms with van der Waals surface area (Å²) in [4.78, 5) is 6.87. The molecule has 4 nitrogen and oxygen atoms in total. The second-order valence-corrected chi connectivity index (χ2v) is 4.82. The number of nitrogens with zero attached hydrogens (tertiary/aromatic N) is 3. The fourth-order valence-corrected chi connectivity index (χ4v) is 2.35. The van der Waals surface area contributed by atoms with Crippen LogP contribution in [-0.2, 0) is 0 Å². The summed E-state index contributed by atoms with van der Waals surface area (Å²) in [5, 5.41) is 12.2. The van der Waals surface area contributed by atoms with E-state index in [0.717, 1.165) is 24.6 Å². The molecule has 0 radical (unpaired) electrons. The summed E-state index contributed by atoms with van der Waals surface area (Å²) in [7, 11) is 0. The van der Waals surface area contributed by atoms with Gasteiger partial charge in [0, 0.05) is 18.8 Å². The molecule has 0 spiro atoms. The number of aromatic nitrogens is 1. The maximum Gasteiger partial charge on any atom is 0.127 e. The van der Waals surface area contributed by atoms with E-state index in [1.165, 1.54) is 32.4 Å². The molecular weight excluding hydrogens is 224 g/mol. The zero-order valence-electron chi connectivity index (χ0n) is 10.9. The maximum atomic E-state index is 8.90. The molecule has 0 unspecified atom stereocenters. The van der Waals surface area contributed by atoms with Gasteiger partial charge in [-0.15, -0.1) is 0 Å². The van der Waals surface area contributed by atoms with Crippen molar-refractivity contribution in [1.29, 1.82) is 5.26 Å². The minimum absolute atomic E-state index is 0.669. The Hall–Kier alpha value is -1.60. The van der Waals surface area contributed by atoms with Gasteiger partial charge in [0.05, 0.1) is 11.6 Å². The van der Waals surface area contributed by atoms with Gasteiger partial charge in [-0.25, -0.2) is 4.98 Å². The average molecular weight is 244 g/mol. The predicted molar refractivity (Wildman–Crippen MR) is 72.5 cm³/mol. The first-order valence-electron chi connectivity index (χ1n) is 6.63. The number of likely N-dealkylation sites (tertiary alicyclic amines) is 1. The van der Waals surface area contributed by atoms with E-state index in [1.54, 1.807) is 6.07 Å². The quantitative estimate of drug-likeness (QED) is 0.882. The van der Waals surface area contributed by atoms with Gasteiger partial charge in [0.25, 0.3) is 0 Å². The Morgan fingerprint density at radius 3 is 2.83 bits per heavy atom. The molecule has 0 aromatic carbocycles. The van der Waals surface area contributed by atoms with E-state index in [-0.39, 0.29) is 0 Å². The highest BCUT2D eigenvalue weighted by Gasteiger charge is 2.09. The first-order valence-corrected chi connectivity index (χ1v) is 6.63.